The number of aromatic nitrogens is 3. The molecule has 0 aliphatic carbocycles. The summed E-state index contributed by atoms with van der Waals surface area (Å²) in [7, 11) is 0. The van der Waals surface area contributed by atoms with Gasteiger partial charge in [0.2, 0.25) is 0 Å². The molecule has 0 amide bonds. The van der Waals surface area contributed by atoms with Crippen LogP contribution in [0.15, 0.2) is 18.6 Å². The van der Waals surface area contributed by atoms with Crippen molar-refractivity contribution in [3.05, 3.63) is 24.3 Å². The molecule has 13 heavy (non-hydrogen) atoms. The predicted molar refractivity (Wildman–Crippen MR) is 46.6 cm³/mol. The van der Waals surface area contributed by atoms with Crippen LogP contribution in [0.5, 0.6) is 0 Å². The van der Waals surface area contributed by atoms with Gasteiger partial charge < -0.3 is 4.55 Å². The SMILES string of the molecule is Cc1ncnc2c1ccn2S(=O)[O-]. The van der Waals surface area contributed by atoms with Gasteiger partial charge in [-0.05, 0) is 13.0 Å². The monoisotopic (exact) mass is 196 g/mol. The van der Waals surface area contributed by atoms with Crippen LogP contribution in [0.1, 0.15) is 5.69 Å². The van der Waals surface area contributed by atoms with Gasteiger partial charge in [0.05, 0.1) is 17.0 Å². The molecule has 6 heteroatoms. The molecule has 2 aromatic heterocycles. The van der Waals surface area contributed by atoms with E-state index in [1.807, 2.05) is 6.92 Å². The summed E-state index contributed by atoms with van der Waals surface area (Å²) < 4.78 is 22.5. The summed E-state index contributed by atoms with van der Waals surface area (Å²) in [5.41, 5.74) is 1.19. The van der Waals surface area contributed by atoms with Gasteiger partial charge in [0, 0.05) is 11.6 Å². The van der Waals surface area contributed by atoms with Crippen LogP contribution in [-0.4, -0.2) is 22.7 Å². The van der Waals surface area contributed by atoms with Crippen LogP contribution in [0.2, 0.25) is 0 Å². The Morgan fingerprint density at radius 1 is 1.54 bits per heavy atom. The Labute approximate surface area is 76.8 Å². The van der Waals surface area contributed by atoms with E-state index in [0.29, 0.717) is 5.65 Å². The Balaban J connectivity index is 2.83. The molecule has 1 unspecified atom stereocenters. The van der Waals surface area contributed by atoms with E-state index in [2.05, 4.69) is 9.97 Å². The first kappa shape index (κ1) is 8.33. The molecule has 2 heterocycles. The summed E-state index contributed by atoms with van der Waals surface area (Å²) in [5.74, 6) is 0. The van der Waals surface area contributed by atoms with Crippen LogP contribution in [0.4, 0.5) is 0 Å². The number of nitrogens with zero attached hydrogens (tertiary/aromatic N) is 3. The van der Waals surface area contributed by atoms with E-state index in [1.54, 1.807) is 6.07 Å². The van der Waals surface area contributed by atoms with E-state index in [4.69, 9.17) is 0 Å². The van der Waals surface area contributed by atoms with Gasteiger partial charge in [0.1, 0.15) is 6.33 Å². The summed E-state index contributed by atoms with van der Waals surface area (Å²) in [6.07, 6.45) is 2.80. The van der Waals surface area contributed by atoms with E-state index in [1.165, 1.54) is 12.5 Å². The fourth-order valence-corrected chi connectivity index (χ4v) is 1.62. The summed E-state index contributed by atoms with van der Waals surface area (Å²) in [5, 5.41) is 0.756. The second-order valence-electron chi connectivity index (χ2n) is 2.56. The van der Waals surface area contributed by atoms with Crippen molar-refractivity contribution < 1.29 is 8.76 Å². The van der Waals surface area contributed by atoms with Crippen LogP contribution in [0, 0.1) is 6.92 Å². The van der Waals surface area contributed by atoms with Crippen molar-refractivity contribution in [1.29, 1.82) is 0 Å². The lowest BCUT2D eigenvalue weighted by molar-refractivity contribution is 0.529. The molecular weight excluding hydrogens is 190 g/mol. The molecular formula is C7H6N3O2S-. The predicted octanol–water partition coefficient (Wildman–Crippen LogP) is 0.382. The minimum atomic E-state index is -2.30. The second-order valence-corrected chi connectivity index (χ2v) is 3.38. The van der Waals surface area contributed by atoms with Gasteiger partial charge in [-0.1, -0.05) is 0 Å². The van der Waals surface area contributed by atoms with E-state index in [0.717, 1.165) is 15.1 Å². The maximum atomic E-state index is 10.7. The molecule has 0 aliphatic heterocycles. The lowest BCUT2D eigenvalue weighted by Gasteiger charge is -2.06. The van der Waals surface area contributed by atoms with E-state index >= 15 is 0 Å². The van der Waals surface area contributed by atoms with Gasteiger partial charge in [-0.15, -0.1) is 0 Å². The van der Waals surface area contributed by atoms with Crippen molar-refractivity contribution in [2.45, 2.75) is 6.92 Å². The average molecular weight is 196 g/mol. The molecule has 0 aromatic carbocycles. The largest absolute Gasteiger partial charge is 0.755 e. The van der Waals surface area contributed by atoms with E-state index in [9.17, 15) is 8.76 Å². The smallest absolute Gasteiger partial charge is 0.154 e. The summed E-state index contributed by atoms with van der Waals surface area (Å²) in [6.45, 7) is 1.81. The van der Waals surface area contributed by atoms with E-state index < -0.39 is 11.3 Å². The minimum Gasteiger partial charge on any atom is -0.755 e. The minimum absolute atomic E-state index is 0.417. The fourth-order valence-electron chi connectivity index (χ4n) is 1.17. The molecule has 0 bridgehead atoms. The van der Waals surface area contributed by atoms with Crippen LogP contribution >= 0.6 is 0 Å². The first-order valence-corrected chi connectivity index (χ1v) is 4.62. The van der Waals surface area contributed by atoms with Gasteiger partial charge in [-0.3, -0.25) is 8.18 Å². The number of hydrogen-bond donors (Lipinski definition) is 0. The Morgan fingerprint density at radius 3 is 3.00 bits per heavy atom. The van der Waals surface area contributed by atoms with Gasteiger partial charge in [0.25, 0.3) is 0 Å². The highest BCUT2D eigenvalue weighted by molar-refractivity contribution is 7.77. The molecule has 68 valence electrons. The molecule has 0 radical (unpaired) electrons. The zero-order valence-corrected chi connectivity index (χ0v) is 7.61. The van der Waals surface area contributed by atoms with Crippen molar-refractivity contribution in [2.75, 3.05) is 0 Å². The van der Waals surface area contributed by atoms with Gasteiger partial charge >= 0.3 is 0 Å². The fraction of sp³-hybridized carbons (Fsp3) is 0.143. The second kappa shape index (κ2) is 2.90. The quantitative estimate of drug-likeness (QED) is 0.618. The average Bonchev–Trinajstić information content (AvgIpc) is 2.48. The molecule has 5 nitrogen and oxygen atoms in total. The Bertz CT molecular complexity index is 480. The number of aryl methyl sites for hydroxylation is 1. The van der Waals surface area contributed by atoms with Crippen LogP contribution in [0.25, 0.3) is 11.0 Å². The molecule has 2 rings (SSSR count). The topological polar surface area (TPSA) is 70.8 Å². The molecule has 0 fully saturated rings. The molecule has 0 spiro atoms. The van der Waals surface area contributed by atoms with Crippen LogP contribution < -0.4 is 0 Å². The Hall–Kier alpha value is -1.27. The number of hydrogen-bond acceptors (Lipinski definition) is 4. The van der Waals surface area contributed by atoms with Crippen LogP contribution in [-0.2, 0) is 11.3 Å². The van der Waals surface area contributed by atoms with Crippen molar-refractivity contribution in [2.24, 2.45) is 0 Å². The first-order chi connectivity index (χ1) is 6.20. The summed E-state index contributed by atoms with van der Waals surface area (Å²) in [6, 6.07) is 1.68. The third-order valence-electron chi connectivity index (χ3n) is 1.81. The molecule has 0 saturated heterocycles. The molecule has 0 saturated carbocycles. The van der Waals surface area contributed by atoms with Crippen molar-refractivity contribution in [1.82, 2.24) is 13.9 Å². The highest BCUT2D eigenvalue weighted by Crippen LogP contribution is 2.15. The maximum absolute atomic E-state index is 10.7. The normalized spacial score (nSPS) is 13.4. The lowest BCUT2D eigenvalue weighted by Crippen LogP contribution is -2.02. The van der Waals surface area contributed by atoms with Crippen molar-refractivity contribution in [3.63, 3.8) is 0 Å². The van der Waals surface area contributed by atoms with Gasteiger partial charge in [-0.25, -0.2) is 9.97 Å². The zero-order chi connectivity index (χ0) is 9.42. The van der Waals surface area contributed by atoms with Crippen molar-refractivity contribution in [3.8, 4) is 0 Å². The maximum Gasteiger partial charge on any atom is 0.154 e. The van der Waals surface area contributed by atoms with Crippen molar-refractivity contribution >= 4 is 22.3 Å². The third kappa shape index (κ3) is 1.24. The third-order valence-corrected chi connectivity index (χ3v) is 2.42. The highest BCUT2D eigenvalue weighted by Gasteiger charge is 2.04. The summed E-state index contributed by atoms with van der Waals surface area (Å²) in [4.78, 5) is 7.84. The number of rotatable bonds is 1. The Morgan fingerprint density at radius 2 is 2.31 bits per heavy atom. The highest BCUT2D eigenvalue weighted by atomic mass is 32.2. The standard InChI is InChI=1S/C7H7N3O2S/c1-5-6-2-3-10(13(11)12)7(6)9-4-8-5/h2-4H,1H3,(H,11,12)/p-1. The first-order valence-electron chi connectivity index (χ1n) is 3.58. The summed E-state index contributed by atoms with van der Waals surface area (Å²) >= 11 is -2.30. The molecule has 0 N–H and O–H groups in total. The number of fused-ring (bicyclic) bond motifs is 1. The van der Waals surface area contributed by atoms with Crippen LogP contribution in [0.3, 0.4) is 0 Å². The molecule has 0 aliphatic rings. The molecule has 2 aromatic rings. The van der Waals surface area contributed by atoms with Gasteiger partial charge in [-0.2, -0.15) is 0 Å². The molecule has 1 atom stereocenters. The lowest BCUT2D eigenvalue weighted by atomic mass is 10.3. The zero-order valence-electron chi connectivity index (χ0n) is 6.80. The Kier molecular flexibility index (Phi) is 1.86. The van der Waals surface area contributed by atoms with E-state index in [-0.39, 0.29) is 0 Å². The van der Waals surface area contributed by atoms with Gasteiger partial charge in [0.15, 0.2) is 5.65 Å².